The van der Waals surface area contributed by atoms with E-state index in [1.165, 1.54) is 43.4 Å². The van der Waals surface area contributed by atoms with E-state index < -0.39 is 0 Å². The van der Waals surface area contributed by atoms with E-state index in [-0.39, 0.29) is 0 Å². The Kier molecular flexibility index (Phi) is 2.40. The molecular weight excluding hydrogens is 254 g/mol. The highest BCUT2D eigenvalue weighted by Crippen LogP contribution is 2.44. The highest BCUT2D eigenvalue weighted by atomic mass is 79.9. The summed E-state index contributed by atoms with van der Waals surface area (Å²) in [6, 6.07) is 2.12. The molecule has 0 unspecified atom stereocenters. The van der Waals surface area contributed by atoms with Gasteiger partial charge < -0.3 is 9.73 Å². The lowest BCUT2D eigenvalue weighted by Crippen LogP contribution is -2.43. The number of rotatable bonds is 0. The van der Waals surface area contributed by atoms with E-state index in [4.69, 9.17) is 4.42 Å². The third-order valence-electron chi connectivity index (χ3n) is 3.85. The van der Waals surface area contributed by atoms with Crippen molar-refractivity contribution in [2.75, 3.05) is 6.54 Å². The Hall–Kier alpha value is -0.280. The van der Waals surface area contributed by atoms with E-state index in [1.807, 2.05) is 0 Å². The van der Waals surface area contributed by atoms with Gasteiger partial charge >= 0.3 is 0 Å². The summed E-state index contributed by atoms with van der Waals surface area (Å²) in [5, 5.41) is 3.53. The summed E-state index contributed by atoms with van der Waals surface area (Å²) in [7, 11) is 0. The SMILES string of the molecule is Brc1cc2c(o1)C1(CCCCC1)CNC2. The molecule has 2 aliphatic rings. The average molecular weight is 270 g/mol. The van der Waals surface area contributed by atoms with Crippen LogP contribution < -0.4 is 5.32 Å². The van der Waals surface area contributed by atoms with E-state index in [1.54, 1.807) is 0 Å². The van der Waals surface area contributed by atoms with Gasteiger partial charge in [0.2, 0.25) is 0 Å². The fraction of sp³-hybridized carbons (Fsp3) is 0.667. The predicted octanol–water partition coefficient (Wildman–Crippen LogP) is 3.35. The van der Waals surface area contributed by atoms with E-state index in [0.29, 0.717) is 5.41 Å². The first-order valence-corrected chi connectivity index (χ1v) is 6.59. The van der Waals surface area contributed by atoms with Gasteiger partial charge in [-0.05, 0) is 34.8 Å². The molecule has 3 heteroatoms. The minimum atomic E-state index is 0.303. The Balaban J connectivity index is 2.03. The second-order valence-corrected chi connectivity index (χ2v) is 5.63. The highest BCUT2D eigenvalue weighted by Gasteiger charge is 2.40. The standard InChI is InChI=1S/C12H16BrNO/c13-10-6-9-7-14-8-12(11(9)15-10)4-2-1-3-5-12/h6,14H,1-5,7-8H2. The first-order chi connectivity index (χ1) is 7.30. The molecular formula is C12H16BrNO. The minimum Gasteiger partial charge on any atom is -0.453 e. The van der Waals surface area contributed by atoms with Gasteiger partial charge in [-0.15, -0.1) is 0 Å². The fourth-order valence-electron chi connectivity index (χ4n) is 3.12. The van der Waals surface area contributed by atoms with E-state index >= 15 is 0 Å². The maximum atomic E-state index is 5.88. The Labute approximate surface area is 98.6 Å². The lowest BCUT2D eigenvalue weighted by atomic mass is 9.70. The van der Waals surface area contributed by atoms with Crippen LogP contribution in [0.3, 0.4) is 0 Å². The molecule has 1 N–H and O–H groups in total. The van der Waals surface area contributed by atoms with Gasteiger partial charge in [0.25, 0.3) is 0 Å². The van der Waals surface area contributed by atoms with Crippen LogP contribution in [0.25, 0.3) is 0 Å². The molecule has 1 aromatic heterocycles. The Morgan fingerprint density at radius 3 is 2.87 bits per heavy atom. The molecule has 82 valence electrons. The Morgan fingerprint density at radius 2 is 2.07 bits per heavy atom. The summed E-state index contributed by atoms with van der Waals surface area (Å²) in [5.74, 6) is 1.26. The third-order valence-corrected chi connectivity index (χ3v) is 4.24. The second-order valence-electron chi connectivity index (χ2n) is 4.85. The summed E-state index contributed by atoms with van der Waals surface area (Å²) in [4.78, 5) is 0. The Bertz CT molecular complexity index is 366. The van der Waals surface area contributed by atoms with Crippen molar-refractivity contribution in [2.45, 2.75) is 44.1 Å². The van der Waals surface area contributed by atoms with Crippen molar-refractivity contribution in [1.82, 2.24) is 5.32 Å². The molecule has 0 bridgehead atoms. The zero-order valence-corrected chi connectivity index (χ0v) is 10.4. The van der Waals surface area contributed by atoms with Crippen LogP contribution in [-0.4, -0.2) is 6.54 Å². The molecule has 0 amide bonds. The van der Waals surface area contributed by atoms with Crippen LogP contribution in [0.1, 0.15) is 43.4 Å². The van der Waals surface area contributed by atoms with Gasteiger partial charge in [-0.3, -0.25) is 0 Å². The summed E-state index contributed by atoms with van der Waals surface area (Å²) in [5.41, 5.74) is 1.66. The van der Waals surface area contributed by atoms with E-state index in [9.17, 15) is 0 Å². The van der Waals surface area contributed by atoms with Gasteiger partial charge in [-0.1, -0.05) is 19.3 Å². The number of hydrogen-bond donors (Lipinski definition) is 1. The van der Waals surface area contributed by atoms with Crippen molar-refractivity contribution in [3.05, 3.63) is 22.1 Å². The number of halogens is 1. The second kappa shape index (κ2) is 3.63. The van der Waals surface area contributed by atoms with Crippen LogP contribution >= 0.6 is 15.9 Å². The van der Waals surface area contributed by atoms with Crippen LogP contribution in [0.15, 0.2) is 15.2 Å². The third kappa shape index (κ3) is 1.56. The summed E-state index contributed by atoms with van der Waals surface area (Å²) >= 11 is 3.45. The molecule has 1 saturated carbocycles. The molecule has 2 heterocycles. The van der Waals surface area contributed by atoms with E-state index in [2.05, 4.69) is 27.3 Å². The predicted molar refractivity (Wildman–Crippen MR) is 62.9 cm³/mol. The van der Waals surface area contributed by atoms with Gasteiger partial charge in [0, 0.05) is 24.1 Å². The van der Waals surface area contributed by atoms with Crippen molar-refractivity contribution < 1.29 is 4.42 Å². The summed E-state index contributed by atoms with van der Waals surface area (Å²) in [6.07, 6.45) is 6.65. The smallest absolute Gasteiger partial charge is 0.169 e. The minimum absolute atomic E-state index is 0.303. The monoisotopic (exact) mass is 269 g/mol. The molecule has 0 radical (unpaired) electrons. The Morgan fingerprint density at radius 1 is 1.27 bits per heavy atom. The number of fused-ring (bicyclic) bond motifs is 2. The first-order valence-electron chi connectivity index (χ1n) is 5.80. The maximum absolute atomic E-state index is 5.88. The molecule has 1 spiro atoms. The molecule has 1 aliphatic heterocycles. The van der Waals surface area contributed by atoms with Gasteiger partial charge in [-0.25, -0.2) is 0 Å². The quantitative estimate of drug-likeness (QED) is 0.782. The summed E-state index contributed by atoms with van der Waals surface area (Å²) in [6.45, 7) is 2.06. The number of furan rings is 1. The fourth-order valence-corrected chi connectivity index (χ4v) is 3.56. The molecule has 1 fully saturated rings. The largest absolute Gasteiger partial charge is 0.453 e. The van der Waals surface area contributed by atoms with Gasteiger partial charge in [-0.2, -0.15) is 0 Å². The van der Waals surface area contributed by atoms with Crippen molar-refractivity contribution in [1.29, 1.82) is 0 Å². The topological polar surface area (TPSA) is 25.2 Å². The molecule has 0 aromatic carbocycles. The zero-order chi connectivity index (χ0) is 10.3. The van der Waals surface area contributed by atoms with Gasteiger partial charge in [0.15, 0.2) is 4.67 Å². The van der Waals surface area contributed by atoms with Crippen molar-refractivity contribution in [3.8, 4) is 0 Å². The van der Waals surface area contributed by atoms with Gasteiger partial charge in [0.05, 0.1) is 0 Å². The average Bonchev–Trinajstić information content (AvgIpc) is 2.62. The van der Waals surface area contributed by atoms with Crippen LogP contribution in [0.4, 0.5) is 0 Å². The first kappa shape index (κ1) is 9.91. The molecule has 15 heavy (non-hydrogen) atoms. The molecule has 0 atom stereocenters. The highest BCUT2D eigenvalue weighted by molar-refractivity contribution is 9.10. The summed E-state index contributed by atoms with van der Waals surface area (Å²) < 4.78 is 6.77. The van der Waals surface area contributed by atoms with Crippen LogP contribution in [0, 0.1) is 0 Å². The molecule has 0 saturated heterocycles. The number of nitrogens with one attached hydrogen (secondary N) is 1. The van der Waals surface area contributed by atoms with Crippen molar-refractivity contribution in [2.24, 2.45) is 0 Å². The van der Waals surface area contributed by atoms with Crippen molar-refractivity contribution >= 4 is 15.9 Å². The van der Waals surface area contributed by atoms with Crippen LogP contribution in [-0.2, 0) is 12.0 Å². The van der Waals surface area contributed by atoms with Crippen molar-refractivity contribution in [3.63, 3.8) is 0 Å². The zero-order valence-electron chi connectivity index (χ0n) is 8.81. The lowest BCUT2D eigenvalue weighted by Gasteiger charge is -2.39. The van der Waals surface area contributed by atoms with Crippen LogP contribution in [0.2, 0.25) is 0 Å². The van der Waals surface area contributed by atoms with Crippen LogP contribution in [0.5, 0.6) is 0 Å². The normalized spacial score (nSPS) is 24.1. The molecule has 3 rings (SSSR count). The lowest BCUT2D eigenvalue weighted by molar-refractivity contribution is 0.217. The van der Waals surface area contributed by atoms with E-state index in [0.717, 1.165) is 17.8 Å². The molecule has 1 aliphatic carbocycles. The maximum Gasteiger partial charge on any atom is 0.169 e. The van der Waals surface area contributed by atoms with Gasteiger partial charge in [0.1, 0.15) is 5.76 Å². The molecule has 2 nitrogen and oxygen atoms in total. The molecule has 1 aromatic rings. The number of hydrogen-bond acceptors (Lipinski definition) is 2.